The highest BCUT2D eigenvalue weighted by Crippen LogP contribution is 2.31. The molecule has 1 unspecified atom stereocenters. The molecule has 1 amide bonds. The summed E-state index contributed by atoms with van der Waals surface area (Å²) in [5.41, 5.74) is -0.308. The van der Waals surface area contributed by atoms with Crippen molar-refractivity contribution >= 4 is 17.5 Å². The molecule has 0 bridgehead atoms. The number of piperidine rings is 1. The second kappa shape index (κ2) is 6.49. The Morgan fingerprint density at radius 3 is 2.92 bits per heavy atom. The fourth-order valence-corrected chi connectivity index (χ4v) is 3.08. The van der Waals surface area contributed by atoms with Gasteiger partial charge in [0.15, 0.2) is 0 Å². The summed E-state index contributed by atoms with van der Waals surface area (Å²) in [7, 11) is 0. The van der Waals surface area contributed by atoms with Gasteiger partial charge in [-0.1, -0.05) is 16.8 Å². The third kappa shape index (κ3) is 3.14. The number of carbonyl (C=O) groups is 1. The lowest BCUT2D eigenvalue weighted by Gasteiger charge is -2.38. The van der Waals surface area contributed by atoms with Crippen LogP contribution in [0.4, 0.5) is 0 Å². The van der Waals surface area contributed by atoms with E-state index in [-0.39, 0.29) is 18.5 Å². The summed E-state index contributed by atoms with van der Waals surface area (Å²) >= 11 is 6.07. The second-order valence-electron chi connectivity index (χ2n) is 6.39. The van der Waals surface area contributed by atoms with E-state index < -0.39 is 5.60 Å². The molecule has 1 saturated heterocycles. The number of hydrogen-bond donors (Lipinski definition) is 1. The lowest BCUT2D eigenvalue weighted by atomic mass is 9.89. The van der Waals surface area contributed by atoms with Crippen LogP contribution in [0, 0.1) is 0 Å². The number of amides is 1. The maximum atomic E-state index is 12.7. The molecule has 1 N–H and O–H groups in total. The van der Waals surface area contributed by atoms with Crippen LogP contribution in [0.1, 0.15) is 48.8 Å². The zero-order valence-electron chi connectivity index (χ0n) is 13.7. The molecule has 1 atom stereocenters. The molecule has 0 aliphatic carbocycles. The number of carbonyl (C=O) groups excluding carboxylic acids is 1. The highest BCUT2D eigenvalue weighted by atomic mass is 35.5. The smallest absolute Gasteiger partial charge is 0.255 e. The van der Waals surface area contributed by atoms with Crippen molar-refractivity contribution in [1.29, 1.82) is 0 Å². The van der Waals surface area contributed by atoms with E-state index in [4.69, 9.17) is 11.6 Å². The van der Waals surface area contributed by atoms with Crippen molar-refractivity contribution in [3.63, 3.8) is 0 Å². The molecule has 1 aliphatic heterocycles. The lowest BCUT2D eigenvalue weighted by Crippen LogP contribution is -2.48. The first kappa shape index (κ1) is 16.9. The van der Waals surface area contributed by atoms with Crippen LogP contribution in [0.15, 0.2) is 24.7 Å². The molecule has 0 spiro atoms. The van der Waals surface area contributed by atoms with Crippen LogP contribution >= 0.6 is 11.6 Å². The molecule has 3 heterocycles. The number of nitrogens with zero attached hydrogens (tertiary/aromatic N) is 5. The largest absolute Gasteiger partial charge is 0.382 e. The Morgan fingerprint density at radius 2 is 2.25 bits per heavy atom. The van der Waals surface area contributed by atoms with Gasteiger partial charge in [0.1, 0.15) is 11.3 Å². The molecule has 128 valence electrons. The fourth-order valence-electron chi connectivity index (χ4n) is 2.88. The van der Waals surface area contributed by atoms with Gasteiger partial charge >= 0.3 is 0 Å². The normalized spacial score (nSPS) is 21.3. The maximum absolute atomic E-state index is 12.7. The second-order valence-corrected chi connectivity index (χ2v) is 6.80. The van der Waals surface area contributed by atoms with Gasteiger partial charge in [0.25, 0.3) is 5.91 Å². The standard InChI is InChI=1S/C16H20ClN5O2/c1-11(2)22-9-14(19-20-22)16(24)5-3-7-21(10-16)15(23)12-4-6-18-8-13(12)17/h4,6,8-9,11,24H,3,5,7,10H2,1-2H3. The molecule has 1 fully saturated rings. The number of β-amino-alcohol motifs (C(OH)–C–C–N with tert-alkyl or cyclic N) is 1. The van der Waals surface area contributed by atoms with Gasteiger partial charge in [-0.05, 0) is 32.8 Å². The summed E-state index contributed by atoms with van der Waals surface area (Å²) in [5, 5.41) is 19.5. The summed E-state index contributed by atoms with van der Waals surface area (Å²) in [4.78, 5) is 18.2. The number of pyridine rings is 1. The Kier molecular flexibility index (Phi) is 4.56. The van der Waals surface area contributed by atoms with Crippen LogP contribution in [0.2, 0.25) is 5.02 Å². The van der Waals surface area contributed by atoms with E-state index >= 15 is 0 Å². The third-order valence-electron chi connectivity index (χ3n) is 4.28. The summed E-state index contributed by atoms with van der Waals surface area (Å²) in [6.45, 7) is 4.72. The van der Waals surface area contributed by atoms with E-state index in [2.05, 4.69) is 15.3 Å². The molecule has 2 aromatic heterocycles. The number of aliphatic hydroxyl groups is 1. The van der Waals surface area contributed by atoms with Crippen LogP contribution in [0.5, 0.6) is 0 Å². The van der Waals surface area contributed by atoms with Gasteiger partial charge in [-0.25, -0.2) is 4.68 Å². The van der Waals surface area contributed by atoms with Gasteiger partial charge in [-0.3, -0.25) is 9.78 Å². The monoisotopic (exact) mass is 349 g/mol. The van der Waals surface area contributed by atoms with Crippen molar-refractivity contribution in [3.05, 3.63) is 40.9 Å². The number of halogens is 1. The van der Waals surface area contributed by atoms with Crippen molar-refractivity contribution in [2.24, 2.45) is 0 Å². The molecule has 0 radical (unpaired) electrons. The number of rotatable bonds is 3. The van der Waals surface area contributed by atoms with E-state index in [0.29, 0.717) is 35.7 Å². The summed E-state index contributed by atoms with van der Waals surface area (Å²) < 4.78 is 1.70. The summed E-state index contributed by atoms with van der Waals surface area (Å²) in [6.07, 6.45) is 5.94. The zero-order chi connectivity index (χ0) is 17.3. The van der Waals surface area contributed by atoms with Crippen LogP contribution in [-0.4, -0.2) is 49.0 Å². The van der Waals surface area contributed by atoms with Crippen LogP contribution in [0.25, 0.3) is 0 Å². The molecule has 0 saturated carbocycles. The van der Waals surface area contributed by atoms with Gasteiger partial charge in [0.2, 0.25) is 0 Å². The predicted molar refractivity (Wildman–Crippen MR) is 88.7 cm³/mol. The minimum Gasteiger partial charge on any atom is -0.382 e. The Balaban J connectivity index is 1.83. The molecule has 1 aliphatic rings. The molecule has 7 nitrogen and oxygen atoms in total. The molecule has 8 heteroatoms. The highest BCUT2D eigenvalue weighted by Gasteiger charge is 2.39. The van der Waals surface area contributed by atoms with Crippen molar-refractivity contribution < 1.29 is 9.90 Å². The summed E-state index contributed by atoms with van der Waals surface area (Å²) in [6, 6.07) is 1.75. The summed E-state index contributed by atoms with van der Waals surface area (Å²) in [5.74, 6) is -0.211. The van der Waals surface area contributed by atoms with Crippen molar-refractivity contribution in [1.82, 2.24) is 24.9 Å². The van der Waals surface area contributed by atoms with Gasteiger partial charge < -0.3 is 10.0 Å². The number of hydrogen-bond acceptors (Lipinski definition) is 5. The minimum absolute atomic E-state index is 0.159. The van der Waals surface area contributed by atoms with E-state index in [1.807, 2.05) is 13.8 Å². The van der Waals surface area contributed by atoms with Gasteiger partial charge in [-0.15, -0.1) is 5.10 Å². The first-order valence-electron chi connectivity index (χ1n) is 7.94. The predicted octanol–water partition coefficient (Wildman–Crippen LogP) is 2.03. The first-order valence-corrected chi connectivity index (χ1v) is 8.32. The topological polar surface area (TPSA) is 84.1 Å². The van der Waals surface area contributed by atoms with Crippen molar-refractivity contribution in [2.45, 2.75) is 38.3 Å². The molecule has 24 heavy (non-hydrogen) atoms. The van der Waals surface area contributed by atoms with Crippen molar-refractivity contribution in [2.75, 3.05) is 13.1 Å². The fraction of sp³-hybridized carbons (Fsp3) is 0.500. The molecule has 2 aromatic rings. The third-order valence-corrected chi connectivity index (χ3v) is 4.58. The Labute approximate surface area is 145 Å². The Hall–Kier alpha value is -1.99. The van der Waals surface area contributed by atoms with Crippen molar-refractivity contribution in [3.8, 4) is 0 Å². The van der Waals surface area contributed by atoms with Gasteiger partial charge in [0, 0.05) is 25.0 Å². The molecule has 0 aromatic carbocycles. The quantitative estimate of drug-likeness (QED) is 0.916. The zero-order valence-corrected chi connectivity index (χ0v) is 14.4. The van der Waals surface area contributed by atoms with Crippen LogP contribution in [0.3, 0.4) is 0 Å². The van der Waals surface area contributed by atoms with Gasteiger partial charge in [-0.2, -0.15) is 0 Å². The average Bonchev–Trinajstić information content (AvgIpc) is 3.06. The lowest BCUT2D eigenvalue weighted by molar-refractivity contribution is -0.0320. The molecular formula is C16H20ClN5O2. The Bertz CT molecular complexity index is 748. The molecule has 3 rings (SSSR count). The van der Waals surface area contributed by atoms with E-state index in [0.717, 1.165) is 0 Å². The first-order chi connectivity index (χ1) is 11.4. The van der Waals surface area contributed by atoms with Gasteiger partial charge in [0.05, 0.1) is 23.3 Å². The SMILES string of the molecule is CC(C)n1cc(C2(O)CCCN(C(=O)c3ccncc3Cl)C2)nn1. The number of likely N-dealkylation sites (tertiary alicyclic amines) is 1. The molecular weight excluding hydrogens is 330 g/mol. The minimum atomic E-state index is -1.19. The van der Waals surface area contributed by atoms with E-state index in [9.17, 15) is 9.90 Å². The van der Waals surface area contributed by atoms with Crippen LogP contribution < -0.4 is 0 Å². The van der Waals surface area contributed by atoms with Crippen LogP contribution in [-0.2, 0) is 5.60 Å². The maximum Gasteiger partial charge on any atom is 0.255 e. The average molecular weight is 350 g/mol. The van der Waals surface area contributed by atoms with E-state index in [1.54, 1.807) is 21.8 Å². The number of aromatic nitrogens is 4. The highest BCUT2D eigenvalue weighted by molar-refractivity contribution is 6.33. The Morgan fingerprint density at radius 1 is 1.46 bits per heavy atom. The van der Waals surface area contributed by atoms with E-state index in [1.165, 1.54) is 12.4 Å².